The van der Waals surface area contributed by atoms with Crippen molar-refractivity contribution in [2.45, 2.75) is 18.2 Å². The number of carbonyl (C=O) groups excluding carboxylic acids is 2. The van der Waals surface area contributed by atoms with Crippen LogP contribution in [0, 0.1) is 10.1 Å². The molecule has 0 unspecified atom stereocenters. The first-order valence-electron chi connectivity index (χ1n) is 7.51. The van der Waals surface area contributed by atoms with Crippen LogP contribution in [-0.2, 0) is 11.2 Å². The maximum Gasteiger partial charge on any atom is 0.283 e. The third-order valence-corrected chi connectivity index (χ3v) is 4.53. The summed E-state index contributed by atoms with van der Waals surface area (Å²) >= 11 is 1.03. The number of anilines is 1. The molecule has 8 heteroatoms. The highest BCUT2D eigenvalue weighted by molar-refractivity contribution is 8.00. The van der Waals surface area contributed by atoms with Gasteiger partial charge in [-0.3, -0.25) is 19.7 Å². The van der Waals surface area contributed by atoms with Crippen LogP contribution in [0.25, 0.3) is 0 Å². The van der Waals surface area contributed by atoms with E-state index in [4.69, 9.17) is 5.73 Å². The van der Waals surface area contributed by atoms with Crippen molar-refractivity contribution in [1.82, 2.24) is 0 Å². The maximum absolute atomic E-state index is 12.1. The summed E-state index contributed by atoms with van der Waals surface area (Å²) in [5, 5.41) is 14.0. The van der Waals surface area contributed by atoms with Gasteiger partial charge in [-0.25, -0.2) is 0 Å². The molecule has 0 atom stereocenters. The van der Waals surface area contributed by atoms with E-state index in [1.165, 1.54) is 12.1 Å². The molecular formula is C17H17N3O4S. The zero-order valence-electron chi connectivity index (χ0n) is 13.5. The van der Waals surface area contributed by atoms with Crippen LogP contribution in [0.2, 0.25) is 0 Å². The summed E-state index contributed by atoms with van der Waals surface area (Å²) < 4.78 is 0. The van der Waals surface area contributed by atoms with Gasteiger partial charge < -0.3 is 11.1 Å². The lowest BCUT2D eigenvalue weighted by molar-refractivity contribution is -0.387. The molecule has 3 N–H and O–H groups in total. The topological polar surface area (TPSA) is 115 Å². The molecule has 0 aliphatic carbocycles. The third kappa shape index (κ3) is 4.80. The normalized spacial score (nSPS) is 10.3. The zero-order valence-corrected chi connectivity index (χ0v) is 14.3. The summed E-state index contributed by atoms with van der Waals surface area (Å²) in [5.74, 6) is -0.998. The lowest BCUT2D eigenvalue weighted by Crippen LogP contribution is -2.15. The molecule has 0 radical (unpaired) electrons. The van der Waals surface area contributed by atoms with Crippen LogP contribution in [-0.4, -0.2) is 22.5 Å². The van der Waals surface area contributed by atoms with Crippen LogP contribution in [0.15, 0.2) is 47.4 Å². The summed E-state index contributed by atoms with van der Waals surface area (Å²) in [6.07, 6.45) is 0.781. The molecule has 2 rings (SSSR count). The second-order valence-electron chi connectivity index (χ2n) is 5.15. The average molecular weight is 359 g/mol. The largest absolute Gasteiger partial charge is 0.366 e. The molecule has 130 valence electrons. The molecule has 0 bridgehead atoms. The Morgan fingerprint density at radius 2 is 1.96 bits per heavy atom. The number of hydrogen-bond acceptors (Lipinski definition) is 5. The van der Waals surface area contributed by atoms with Crippen LogP contribution in [0.5, 0.6) is 0 Å². The van der Waals surface area contributed by atoms with Crippen molar-refractivity contribution in [3.05, 3.63) is 63.7 Å². The molecule has 0 fully saturated rings. The molecule has 0 aliphatic heterocycles. The van der Waals surface area contributed by atoms with Crippen LogP contribution >= 0.6 is 11.8 Å². The fourth-order valence-electron chi connectivity index (χ4n) is 2.22. The minimum Gasteiger partial charge on any atom is -0.366 e. The standard InChI is InChI=1S/C17H17N3O4S/c1-2-11-5-3-4-6-13(11)19-16(21)10-25-15-8-7-12(17(18)22)9-14(15)20(23)24/h3-9H,2,10H2,1H3,(H2,18,22)(H,19,21). The fraction of sp³-hybridized carbons (Fsp3) is 0.176. The van der Waals surface area contributed by atoms with Crippen molar-refractivity contribution in [2.24, 2.45) is 5.73 Å². The van der Waals surface area contributed by atoms with Crippen molar-refractivity contribution in [3.8, 4) is 0 Å². The van der Waals surface area contributed by atoms with Gasteiger partial charge in [0.2, 0.25) is 11.8 Å². The van der Waals surface area contributed by atoms with Gasteiger partial charge in [0.1, 0.15) is 0 Å². The minimum absolute atomic E-state index is 0.00874. The smallest absolute Gasteiger partial charge is 0.283 e. The Hall–Kier alpha value is -2.87. The molecule has 25 heavy (non-hydrogen) atoms. The lowest BCUT2D eigenvalue weighted by atomic mass is 10.1. The first-order valence-corrected chi connectivity index (χ1v) is 8.49. The molecule has 0 saturated carbocycles. The van der Waals surface area contributed by atoms with Crippen LogP contribution in [0.1, 0.15) is 22.8 Å². The summed E-state index contributed by atoms with van der Waals surface area (Å²) in [7, 11) is 0. The number of para-hydroxylation sites is 1. The Morgan fingerprint density at radius 1 is 1.24 bits per heavy atom. The highest BCUT2D eigenvalue weighted by atomic mass is 32.2. The van der Waals surface area contributed by atoms with Gasteiger partial charge in [-0.1, -0.05) is 25.1 Å². The number of carbonyl (C=O) groups is 2. The Balaban J connectivity index is 2.09. The Kier molecular flexibility index (Phi) is 6.13. The van der Waals surface area contributed by atoms with Crippen LogP contribution < -0.4 is 11.1 Å². The molecule has 7 nitrogen and oxygen atoms in total. The number of amides is 2. The van der Waals surface area contributed by atoms with E-state index < -0.39 is 10.8 Å². The first kappa shape index (κ1) is 18.5. The number of nitrogens with one attached hydrogen (secondary N) is 1. The number of primary amides is 1. The number of benzene rings is 2. The van der Waals surface area contributed by atoms with E-state index >= 15 is 0 Å². The summed E-state index contributed by atoms with van der Waals surface area (Å²) in [5.41, 5.74) is 6.68. The maximum atomic E-state index is 12.1. The quantitative estimate of drug-likeness (QED) is 0.448. The molecule has 0 saturated heterocycles. The lowest BCUT2D eigenvalue weighted by Gasteiger charge is -2.09. The first-order chi connectivity index (χ1) is 11.9. The van der Waals surface area contributed by atoms with Crippen molar-refractivity contribution >= 4 is 35.0 Å². The van der Waals surface area contributed by atoms with Gasteiger partial charge in [0.05, 0.1) is 15.6 Å². The van der Waals surface area contributed by atoms with E-state index in [2.05, 4.69) is 5.32 Å². The summed E-state index contributed by atoms with van der Waals surface area (Å²) in [6, 6.07) is 11.4. The average Bonchev–Trinajstić information content (AvgIpc) is 2.60. The Labute approximate surface area is 148 Å². The van der Waals surface area contributed by atoms with Crippen molar-refractivity contribution < 1.29 is 14.5 Å². The molecule has 0 aromatic heterocycles. The number of hydrogen-bond donors (Lipinski definition) is 2. The highest BCUT2D eigenvalue weighted by Gasteiger charge is 2.18. The van der Waals surface area contributed by atoms with Crippen molar-refractivity contribution in [1.29, 1.82) is 0 Å². The molecular weight excluding hydrogens is 342 g/mol. The molecule has 0 heterocycles. The molecule has 2 aromatic rings. The van der Waals surface area contributed by atoms with Crippen LogP contribution in [0.3, 0.4) is 0 Å². The second-order valence-corrected chi connectivity index (χ2v) is 6.17. The van der Waals surface area contributed by atoms with E-state index in [0.717, 1.165) is 35.5 Å². The Morgan fingerprint density at radius 3 is 2.60 bits per heavy atom. The molecule has 2 aromatic carbocycles. The number of thioether (sulfide) groups is 1. The van der Waals surface area contributed by atoms with E-state index in [0.29, 0.717) is 4.90 Å². The SMILES string of the molecule is CCc1ccccc1NC(=O)CSc1ccc(C(N)=O)cc1[N+](=O)[O-]. The third-order valence-electron chi connectivity index (χ3n) is 3.47. The number of aryl methyl sites for hydroxylation is 1. The van der Waals surface area contributed by atoms with E-state index in [9.17, 15) is 19.7 Å². The zero-order chi connectivity index (χ0) is 18.4. The van der Waals surface area contributed by atoms with E-state index in [-0.39, 0.29) is 22.9 Å². The number of nitro benzene ring substituents is 1. The van der Waals surface area contributed by atoms with Gasteiger partial charge in [0.25, 0.3) is 5.69 Å². The van der Waals surface area contributed by atoms with Gasteiger partial charge in [-0.05, 0) is 30.2 Å². The monoisotopic (exact) mass is 359 g/mol. The summed E-state index contributed by atoms with van der Waals surface area (Å²) in [6.45, 7) is 1.99. The van der Waals surface area contributed by atoms with E-state index in [1.54, 1.807) is 0 Å². The van der Waals surface area contributed by atoms with Gasteiger partial charge >= 0.3 is 0 Å². The predicted molar refractivity (Wildman–Crippen MR) is 96.8 cm³/mol. The number of nitro groups is 1. The van der Waals surface area contributed by atoms with Crippen molar-refractivity contribution in [3.63, 3.8) is 0 Å². The molecule has 0 spiro atoms. The van der Waals surface area contributed by atoms with Gasteiger partial charge in [0.15, 0.2) is 0 Å². The van der Waals surface area contributed by atoms with Gasteiger partial charge in [-0.15, -0.1) is 11.8 Å². The van der Waals surface area contributed by atoms with Gasteiger partial charge in [-0.2, -0.15) is 0 Å². The highest BCUT2D eigenvalue weighted by Crippen LogP contribution is 2.30. The Bertz CT molecular complexity index is 823. The van der Waals surface area contributed by atoms with Crippen molar-refractivity contribution in [2.75, 3.05) is 11.1 Å². The molecule has 2 amide bonds. The number of nitrogens with zero attached hydrogens (tertiary/aromatic N) is 1. The van der Waals surface area contributed by atoms with E-state index in [1.807, 2.05) is 31.2 Å². The fourth-order valence-corrected chi connectivity index (χ4v) is 3.02. The minimum atomic E-state index is -0.742. The van der Waals surface area contributed by atoms with Gasteiger partial charge in [0, 0.05) is 17.3 Å². The second kappa shape index (κ2) is 8.29. The van der Waals surface area contributed by atoms with Crippen LogP contribution in [0.4, 0.5) is 11.4 Å². The summed E-state index contributed by atoms with van der Waals surface area (Å²) in [4.78, 5) is 34.1. The molecule has 0 aliphatic rings. The predicted octanol–water partition coefficient (Wildman–Crippen LogP) is 2.99. The number of rotatable bonds is 7. The number of nitrogens with two attached hydrogens (primary N) is 1.